The fourth-order valence-electron chi connectivity index (χ4n) is 7.62. The van der Waals surface area contributed by atoms with Gasteiger partial charge < -0.3 is 9.32 Å². The third kappa shape index (κ3) is 4.06. The normalized spacial score (nSPS) is 11.8. The first kappa shape index (κ1) is 26.8. The van der Waals surface area contributed by atoms with Crippen LogP contribution in [0, 0.1) is 0 Å². The van der Waals surface area contributed by atoms with Gasteiger partial charge in [0.25, 0.3) is 0 Å². The van der Waals surface area contributed by atoms with Crippen LogP contribution in [0.1, 0.15) is 0 Å². The molecule has 10 rings (SSSR count). The van der Waals surface area contributed by atoms with Crippen LogP contribution in [-0.4, -0.2) is 0 Å². The number of nitrogens with zero attached hydrogens (tertiary/aromatic N) is 1. The Balaban J connectivity index is 1.24. The Morgan fingerprint density at radius 3 is 1.50 bits per heavy atom. The van der Waals surface area contributed by atoms with E-state index in [1.165, 1.54) is 43.1 Å². The Kier molecular flexibility index (Phi) is 5.91. The molecule has 0 radical (unpaired) electrons. The van der Waals surface area contributed by atoms with Crippen molar-refractivity contribution in [3.63, 3.8) is 0 Å². The summed E-state index contributed by atoms with van der Waals surface area (Å²) in [6.45, 7) is 0. The number of hydrogen-bond acceptors (Lipinski definition) is 2. The van der Waals surface area contributed by atoms with E-state index in [1.54, 1.807) is 0 Å². The van der Waals surface area contributed by atoms with E-state index >= 15 is 0 Å². The van der Waals surface area contributed by atoms with Crippen LogP contribution in [0.5, 0.6) is 0 Å². The van der Waals surface area contributed by atoms with Gasteiger partial charge in [0.05, 0.1) is 11.4 Å². The first-order valence-corrected chi connectivity index (χ1v) is 16.4. The van der Waals surface area contributed by atoms with Crippen molar-refractivity contribution in [2.45, 2.75) is 0 Å². The Bertz CT molecular complexity index is 2720. The highest BCUT2D eigenvalue weighted by atomic mass is 16.3. The second-order valence-corrected chi connectivity index (χ2v) is 12.5. The number of hydrogen-bond donors (Lipinski definition) is 0. The van der Waals surface area contributed by atoms with E-state index in [0.717, 1.165) is 50.1 Å². The summed E-state index contributed by atoms with van der Waals surface area (Å²) >= 11 is 0. The van der Waals surface area contributed by atoms with Gasteiger partial charge in [-0.1, -0.05) is 146 Å². The Hall–Kier alpha value is -6.38. The zero-order chi connectivity index (χ0) is 31.6. The lowest BCUT2D eigenvalue weighted by molar-refractivity contribution is 0.670. The van der Waals surface area contributed by atoms with Crippen LogP contribution < -0.4 is 4.90 Å². The molecule has 9 aromatic carbocycles. The van der Waals surface area contributed by atoms with Crippen LogP contribution in [-0.2, 0) is 0 Å². The standard InChI is InChI=1S/C46H29NO/c1-3-14-36-30(10-1)22-24-33-12-7-19-41(44(33)36)47(42-20-8-13-34-25-23-31-11-2-4-15-37(31)45(34)42)35-28-26-32(27-29-35)38-17-9-18-40-39-16-5-6-21-43(39)48-46(38)40/h1-29H. The molecule has 0 bridgehead atoms. The van der Waals surface area contributed by atoms with Gasteiger partial charge in [-0.25, -0.2) is 0 Å². The molecular formula is C46H29NO. The van der Waals surface area contributed by atoms with Crippen molar-refractivity contribution in [2.24, 2.45) is 0 Å². The van der Waals surface area contributed by atoms with E-state index in [2.05, 4.69) is 169 Å². The molecule has 1 heterocycles. The summed E-state index contributed by atoms with van der Waals surface area (Å²) in [6, 6.07) is 63.4. The van der Waals surface area contributed by atoms with Gasteiger partial charge in [0.15, 0.2) is 0 Å². The van der Waals surface area contributed by atoms with E-state index in [4.69, 9.17) is 4.42 Å². The summed E-state index contributed by atoms with van der Waals surface area (Å²) in [6.07, 6.45) is 0. The number of rotatable bonds is 4. The summed E-state index contributed by atoms with van der Waals surface area (Å²) < 4.78 is 6.42. The maximum absolute atomic E-state index is 6.42. The summed E-state index contributed by atoms with van der Waals surface area (Å²) in [5.41, 5.74) is 7.44. The minimum Gasteiger partial charge on any atom is -0.455 e. The molecule has 0 saturated carbocycles. The van der Waals surface area contributed by atoms with E-state index in [0.29, 0.717) is 0 Å². The maximum Gasteiger partial charge on any atom is 0.143 e. The quantitative estimate of drug-likeness (QED) is 0.184. The molecule has 0 amide bonds. The minimum absolute atomic E-state index is 0.911. The van der Waals surface area contributed by atoms with Crippen molar-refractivity contribution in [1.82, 2.24) is 0 Å². The molecule has 2 nitrogen and oxygen atoms in total. The molecule has 48 heavy (non-hydrogen) atoms. The van der Waals surface area contributed by atoms with E-state index in [9.17, 15) is 0 Å². The molecule has 0 aliphatic rings. The number of para-hydroxylation sites is 2. The predicted octanol–water partition coefficient (Wildman–Crippen LogP) is 13.3. The molecule has 2 heteroatoms. The molecule has 10 aromatic rings. The predicted molar refractivity (Wildman–Crippen MR) is 204 cm³/mol. The van der Waals surface area contributed by atoms with Gasteiger partial charge >= 0.3 is 0 Å². The van der Waals surface area contributed by atoms with Gasteiger partial charge in [0, 0.05) is 32.8 Å². The van der Waals surface area contributed by atoms with Gasteiger partial charge in [0.2, 0.25) is 0 Å². The first-order valence-electron chi connectivity index (χ1n) is 16.4. The van der Waals surface area contributed by atoms with Crippen molar-refractivity contribution in [2.75, 3.05) is 4.90 Å². The van der Waals surface area contributed by atoms with Crippen LogP contribution in [0.2, 0.25) is 0 Å². The zero-order valence-electron chi connectivity index (χ0n) is 26.1. The largest absolute Gasteiger partial charge is 0.455 e. The van der Waals surface area contributed by atoms with Crippen LogP contribution in [0.15, 0.2) is 180 Å². The summed E-state index contributed by atoms with van der Waals surface area (Å²) in [4.78, 5) is 2.45. The highest BCUT2D eigenvalue weighted by Gasteiger charge is 2.21. The highest BCUT2D eigenvalue weighted by molar-refractivity contribution is 6.19. The molecule has 0 atom stereocenters. The fourth-order valence-corrected chi connectivity index (χ4v) is 7.62. The monoisotopic (exact) mass is 611 g/mol. The van der Waals surface area contributed by atoms with Crippen LogP contribution in [0.3, 0.4) is 0 Å². The molecule has 1 aromatic heterocycles. The second kappa shape index (κ2) is 10.6. The first-order chi connectivity index (χ1) is 23.8. The molecular weight excluding hydrogens is 583 g/mol. The lowest BCUT2D eigenvalue weighted by Gasteiger charge is -2.29. The van der Waals surface area contributed by atoms with Crippen molar-refractivity contribution >= 4 is 82.1 Å². The van der Waals surface area contributed by atoms with Crippen molar-refractivity contribution < 1.29 is 4.42 Å². The molecule has 0 aliphatic carbocycles. The molecule has 0 fully saturated rings. The minimum atomic E-state index is 0.911. The third-order valence-corrected chi connectivity index (χ3v) is 9.82. The van der Waals surface area contributed by atoms with Gasteiger partial charge in [-0.15, -0.1) is 0 Å². The molecule has 0 spiro atoms. The summed E-state index contributed by atoms with van der Waals surface area (Å²) in [5, 5.41) is 12.1. The lowest BCUT2D eigenvalue weighted by Crippen LogP contribution is -2.11. The van der Waals surface area contributed by atoms with E-state index in [1.807, 2.05) is 12.1 Å². The average molecular weight is 612 g/mol. The third-order valence-electron chi connectivity index (χ3n) is 9.82. The average Bonchev–Trinajstić information content (AvgIpc) is 3.54. The van der Waals surface area contributed by atoms with Gasteiger partial charge in [0.1, 0.15) is 11.2 Å². The van der Waals surface area contributed by atoms with Crippen molar-refractivity contribution in [3.8, 4) is 11.1 Å². The molecule has 224 valence electrons. The number of benzene rings is 9. The van der Waals surface area contributed by atoms with Crippen molar-refractivity contribution in [3.05, 3.63) is 176 Å². The van der Waals surface area contributed by atoms with Crippen LogP contribution >= 0.6 is 0 Å². The van der Waals surface area contributed by atoms with Crippen LogP contribution in [0.4, 0.5) is 17.1 Å². The smallest absolute Gasteiger partial charge is 0.143 e. The lowest BCUT2D eigenvalue weighted by atomic mass is 9.96. The number of anilines is 3. The topological polar surface area (TPSA) is 16.4 Å². The van der Waals surface area contributed by atoms with E-state index < -0.39 is 0 Å². The highest BCUT2D eigenvalue weighted by Crippen LogP contribution is 2.46. The molecule has 0 aliphatic heterocycles. The van der Waals surface area contributed by atoms with Gasteiger partial charge in [-0.05, 0) is 68.2 Å². The molecule has 0 saturated heterocycles. The zero-order valence-corrected chi connectivity index (χ0v) is 26.1. The summed E-state index contributed by atoms with van der Waals surface area (Å²) in [5.74, 6) is 0. The fraction of sp³-hybridized carbons (Fsp3) is 0. The summed E-state index contributed by atoms with van der Waals surface area (Å²) in [7, 11) is 0. The molecule has 0 unspecified atom stereocenters. The molecule has 0 N–H and O–H groups in total. The van der Waals surface area contributed by atoms with Crippen LogP contribution in [0.25, 0.3) is 76.2 Å². The Labute approximate surface area is 277 Å². The Morgan fingerprint density at radius 2 is 0.854 bits per heavy atom. The number of furan rings is 1. The van der Waals surface area contributed by atoms with Gasteiger partial charge in [-0.3, -0.25) is 0 Å². The SMILES string of the molecule is c1ccc2c(c1)ccc1cccc(N(c3ccc(-c4cccc5c4oc4ccccc45)cc3)c3cccc4ccc5ccccc5c34)c12. The number of fused-ring (bicyclic) bond motifs is 9. The van der Waals surface area contributed by atoms with Crippen molar-refractivity contribution in [1.29, 1.82) is 0 Å². The Morgan fingerprint density at radius 1 is 0.354 bits per heavy atom. The van der Waals surface area contributed by atoms with E-state index in [-0.39, 0.29) is 0 Å². The second-order valence-electron chi connectivity index (χ2n) is 12.5. The maximum atomic E-state index is 6.42. The van der Waals surface area contributed by atoms with Gasteiger partial charge in [-0.2, -0.15) is 0 Å².